The normalized spacial score (nSPS) is 10.5. The van der Waals surface area contributed by atoms with Crippen molar-refractivity contribution in [2.24, 2.45) is 0 Å². The van der Waals surface area contributed by atoms with Crippen LogP contribution in [0.1, 0.15) is 5.69 Å². The summed E-state index contributed by atoms with van der Waals surface area (Å²) in [5, 5.41) is 0. The molecule has 0 spiro atoms. The van der Waals surface area contributed by atoms with Crippen LogP contribution in [0.15, 0.2) is 29.0 Å². The maximum absolute atomic E-state index is 10.3. The maximum atomic E-state index is 10.3. The van der Waals surface area contributed by atoms with Crippen LogP contribution in [0.2, 0.25) is 0 Å². The summed E-state index contributed by atoms with van der Waals surface area (Å²) < 4.78 is 2.88. The Balaban J connectivity index is 2.55. The molecular weight excluding hydrogens is 232 g/mol. The molecule has 2 rings (SSSR count). The number of nitrogens with zero attached hydrogens (tertiary/aromatic N) is 2. The fourth-order valence-corrected chi connectivity index (χ4v) is 1.52. The Morgan fingerprint density at radius 2 is 2.46 bits per heavy atom. The highest BCUT2D eigenvalue weighted by molar-refractivity contribution is 9.10. The van der Waals surface area contributed by atoms with Gasteiger partial charge in [0.1, 0.15) is 11.9 Å². The average molecular weight is 239 g/mol. The molecule has 0 aliphatic heterocycles. The number of rotatable bonds is 2. The zero-order chi connectivity index (χ0) is 9.26. The van der Waals surface area contributed by atoms with Gasteiger partial charge >= 0.3 is 0 Å². The van der Waals surface area contributed by atoms with Crippen LogP contribution in [-0.4, -0.2) is 15.7 Å². The van der Waals surface area contributed by atoms with Gasteiger partial charge in [-0.1, -0.05) is 15.9 Å². The Labute approximate surface area is 83.5 Å². The lowest BCUT2D eigenvalue weighted by Crippen LogP contribution is -1.83. The molecule has 2 aromatic rings. The van der Waals surface area contributed by atoms with E-state index in [2.05, 4.69) is 20.9 Å². The monoisotopic (exact) mass is 238 g/mol. The van der Waals surface area contributed by atoms with Gasteiger partial charge in [-0.15, -0.1) is 0 Å². The van der Waals surface area contributed by atoms with Crippen molar-refractivity contribution in [2.45, 2.75) is 6.42 Å². The van der Waals surface area contributed by atoms with Crippen LogP contribution in [0, 0.1) is 0 Å². The van der Waals surface area contributed by atoms with E-state index in [9.17, 15) is 4.79 Å². The second-order valence-electron chi connectivity index (χ2n) is 2.71. The molecule has 2 aromatic heterocycles. The number of aromatic nitrogens is 2. The third kappa shape index (κ3) is 1.62. The molecular formula is C9H7BrN2O. The van der Waals surface area contributed by atoms with E-state index < -0.39 is 0 Å². The number of imidazole rings is 1. The van der Waals surface area contributed by atoms with Crippen molar-refractivity contribution in [3.8, 4) is 0 Å². The van der Waals surface area contributed by atoms with Gasteiger partial charge in [-0.25, -0.2) is 4.98 Å². The minimum absolute atomic E-state index is 0.374. The SMILES string of the molecule is O=CCc1cn2ccc(Br)cc2n1. The number of pyridine rings is 1. The Bertz CT molecular complexity index is 450. The van der Waals surface area contributed by atoms with E-state index in [-0.39, 0.29) is 0 Å². The maximum Gasteiger partial charge on any atom is 0.138 e. The van der Waals surface area contributed by atoms with Crippen LogP contribution in [0.3, 0.4) is 0 Å². The zero-order valence-corrected chi connectivity index (χ0v) is 8.36. The number of hydrogen-bond donors (Lipinski definition) is 0. The predicted octanol–water partition coefficient (Wildman–Crippen LogP) is 1.84. The lowest BCUT2D eigenvalue weighted by Gasteiger charge is -1.91. The van der Waals surface area contributed by atoms with Gasteiger partial charge in [-0.2, -0.15) is 0 Å². The molecule has 0 aromatic carbocycles. The first-order chi connectivity index (χ1) is 6.29. The fourth-order valence-electron chi connectivity index (χ4n) is 1.19. The summed E-state index contributed by atoms with van der Waals surface area (Å²) in [4.78, 5) is 14.5. The van der Waals surface area contributed by atoms with E-state index in [1.807, 2.05) is 28.9 Å². The number of aldehydes is 1. The summed E-state index contributed by atoms with van der Waals surface area (Å²) in [6, 6.07) is 3.84. The molecule has 66 valence electrons. The van der Waals surface area contributed by atoms with Gasteiger partial charge in [-0.05, 0) is 12.1 Å². The second kappa shape index (κ2) is 3.30. The Hall–Kier alpha value is -1.16. The Morgan fingerprint density at radius 1 is 1.62 bits per heavy atom. The molecule has 0 aliphatic carbocycles. The quantitative estimate of drug-likeness (QED) is 0.749. The number of fused-ring (bicyclic) bond motifs is 1. The molecule has 0 amide bonds. The van der Waals surface area contributed by atoms with Crippen LogP contribution < -0.4 is 0 Å². The number of carbonyl (C=O) groups excluding carboxylic acids is 1. The van der Waals surface area contributed by atoms with Gasteiger partial charge in [0.15, 0.2) is 0 Å². The van der Waals surface area contributed by atoms with Crippen molar-refractivity contribution in [2.75, 3.05) is 0 Å². The summed E-state index contributed by atoms with van der Waals surface area (Å²) in [6.07, 6.45) is 4.99. The van der Waals surface area contributed by atoms with Crippen LogP contribution in [0.25, 0.3) is 5.65 Å². The van der Waals surface area contributed by atoms with Gasteiger partial charge in [-0.3, -0.25) is 0 Å². The number of hydrogen-bond acceptors (Lipinski definition) is 2. The van der Waals surface area contributed by atoms with E-state index in [4.69, 9.17) is 0 Å². The summed E-state index contributed by atoms with van der Waals surface area (Å²) in [5.41, 5.74) is 1.65. The fraction of sp³-hybridized carbons (Fsp3) is 0.111. The molecule has 0 fully saturated rings. The molecule has 0 saturated heterocycles. The predicted molar refractivity (Wildman–Crippen MR) is 52.7 cm³/mol. The van der Waals surface area contributed by atoms with Crippen molar-refractivity contribution in [3.05, 3.63) is 34.7 Å². The van der Waals surface area contributed by atoms with Crippen LogP contribution in [0.4, 0.5) is 0 Å². The zero-order valence-electron chi connectivity index (χ0n) is 6.77. The van der Waals surface area contributed by atoms with E-state index in [0.717, 1.165) is 22.1 Å². The molecule has 0 bridgehead atoms. The van der Waals surface area contributed by atoms with Crippen molar-refractivity contribution < 1.29 is 4.79 Å². The van der Waals surface area contributed by atoms with Gasteiger partial charge in [0.25, 0.3) is 0 Å². The van der Waals surface area contributed by atoms with Gasteiger partial charge in [0.2, 0.25) is 0 Å². The average Bonchev–Trinajstić information content (AvgIpc) is 2.46. The van der Waals surface area contributed by atoms with Gasteiger partial charge in [0.05, 0.1) is 5.69 Å². The lowest BCUT2D eigenvalue weighted by atomic mass is 10.4. The van der Waals surface area contributed by atoms with E-state index in [1.165, 1.54) is 0 Å². The first-order valence-corrected chi connectivity index (χ1v) is 4.65. The third-order valence-corrected chi connectivity index (χ3v) is 2.26. The molecule has 2 heterocycles. The molecule has 13 heavy (non-hydrogen) atoms. The Kier molecular flexibility index (Phi) is 2.14. The topological polar surface area (TPSA) is 34.4 Å². The van der Waals surface area contributed by atoms with Crippen molar-refractivity contribution in [1.82, 2.24) is 9.38 Å². The molecule has 0 saturated carbocycles. The lowest BCUT2D eigenvalue weighted by molar-refractivity contribution is -0.107. The molecule has 0 N–H and O–H groups in total. The van der Waals surface area contributed by atoms with E-state index >= 15 is 0 Å². The van der Waals surface area contributed by atoms with Crippen molar-refractivity contribution >= 4 is 27.9 Å². The van der Waals surface area contributed by atoms with Crippen LogP contribution in [-0.2, 0) is 11.2 Å². The first-order valence-electron chi connectivity index (χ1n) is 3.86. The van der Waals surface area contributed by atoms with Crippen molar-refractivity contribution in [3.63, 3.8) is 0 Å². The van der Waals surface area contributed by atoms with Gasteiger partial charge < -0.3 is 9.20 Å². The standard InChI is InChI=1S/C9H7BrN2O/c10-7-1-3-12-6-8(2-4-13)11-9(12)5-7/h1,3-6H,2H2. The minimum Gasteiger partial charge on any atom is -0.307 e. The minimum atomic E-state index is 0.374. The summed E-state index contributed by atoms with van der Waals surface area (Å²) in [7, 11) is 0. The Morgan fingerprint density at radius 3 is 3.23 bits per heavy atom. The third-order valence-electron chi connectivity index (χ3n) is 1.76. The molecule has 0 radical (unpaired) electrons. The van der Waals surface area contributed by atoms with Crippen LogP contribution in [0.5, 0.6) is 0 Å². The van der Waals surface area contributed by atoms with Crippen LogP contribution >= 0.6 is 15.9 Å². The van der Waals surface area contributed by atoms with E-state index in [0.29, 0.717) is 6.42 Å². The van der Waals surface area contributed by atoms with Gasteiger partial charge in [0, 0.05) is 23.3 Å². The molecule has 3 nitrogen and oxygen atoms in total. The largest absolute Gasteiger partial charge is 0.307 e. The van der Waals surface area contributed by atoms with E-state index in [1.54, 1.807) is 0 Å². The summed E-state index contributed by atoms with van der Waals surface area (Å²) >= 11 is 3.36. The second-order valence-corrected chi connectivity index (χ2v) is 3.63. The molecule has 0 aliphatic rings. The molecule has 0 unspecified atom stereocenters. The first kappa shape index (κ1) is 8.44. The highest BCUT2D eigenvalue weighted by Crippen LogP contribution is 2.12. The summed E-state index contributed by atoms with van der Waals surface area (Å²) in [6.45, 7) is 0. The highest BCUT2D eigenvalue weighted by atomic mass is 79.9. The molecule has 4 heteroatoms. The smallest absolute Gasteiger partial charge is 0.138 e. The highest BCUT2D eigenvalue weighted by Gasteiger charge is 2.00. The summed E-state index contributed by atoms with van der Waals surface area (Å²) in [5.74, 6) is 0. The molecule has 0 atom stereocenters. The number of halogens is 1. The van der Waals surface area contributed by atoms with Crippen molar-refractivity contribution in [1.29, 1.82) is 0 Å². The number of carbonyl (C=O) groups is 1.